The molecule has 0 aliphatic carbocycles. The first-order chi connectivity index (χ1) is 3.41. The fourth-order valence-corrected chi connectivity index (χ4v) is 0.133. The Bertz CT molecular complexity index is 44.2. The van der Waals surface area contributed by atoms with Crippen LogP contribution in [0.1, 0.15) is 0 Å². The van der Waals surface area contributed by atoms with E-state index in [9.17, 15) is 0 Å². The lowest BCUT2D eigenvalue weighted by Gasteiger charge is -1.95. The van der Waals surface area contributed by atoms with E-state index in [2.05, 4.69) is 16.1 Å². The molecule has 0 saturated heterocycles. The predicted octanol–water partition coefficient (Wildman–Crippen LogP) is 0.0704. The molecule has 0 rings (SSSR count). The summed E-state index contributed by atoms with van der Waals surface area (Å²) in [4.78, 5) is 0. The molecule has 0 aromatic heterocycles. The van der Waals surface area contributed by atoms with E-state index < -0.39 is 0 Å². The largest absolute Gasteiger partial charge is 0.476 e. The minimum Gasteiger partial charge on any atom is -0.476 e. The standard InChI is InChI=1S/C4H8O3/c1-2-6-4-7-3-5/h2,5H,1,3-4H2. The Hall–Kier alpha value is -0.540. The zero-order valence-corrected chi connectivity index (χ0v) is 3.96. The lowest BCUT2D eigenvalue weighted by molar-refractivity contribution is -0.0812. The van der Waals surface area contributed by atoms with Gasteiger partial charge in [-0.05, 0) is 0 Å². The average Bonchev–Trinajstić information content (AvgIpc) is 1.69. The van der Waals surface area contributed by atoms with Crippen molar-refractivity contribution >= 4 is 0 Å². The Morgan fingerprint density at radius 2 is 2.43 bits per heavy atom. The SMILES string of the molecule is C=COCOCO. The molecule has 0 aromatic rings. The van der Waals surface area contributed by atoms with Gasteiger partial charge in [-0.3, -0.25) is 0 Å². The first kappa shape index (κ1) is 6.46. The van der Waals surface area contributed by atoms with Gasteiger partial charge in [-0.2, -0.15) is 0 Å². The molecule has 0 aliphatic heterocycles. The van der Waals surface area contributed by atoms with Gasteiger partial charge in [-0.25, -0.2) is 0 Å². The van der Waals surface area contributed by atoms with Gasteiger partial charge in [-0.1, -0.05) is 6.58 Å². The predicted molar refractivity (Wildman–Crippen MR) is 24.3 cm³/mol. The number of hydrogen-bond donors (Lipinski definition) is 1. The monoisotopic (exact) mass is 104 g/mol. The van der Waals surface area contributed by atoms with Crippen molar-refractivity contribution < 1.29 is 14.6 Å². The molecule has 0 aromatic carbocycles. The minimum atomic E-state index is -0.312. The molecule has 0 heterocycles. The summed E-state index contributed by atoms with van der Waals surface area (Å²) < 4.78 is 8.79. The molecule has 0 radical (unpaired) electrons. The third kappa shape index (κ3) is 5.46. The molecule has 0 fully saturated rings. The van der Waals surface area contributed by atoms with Gasteiger partial charge in [0.15, 0.2) is 6.79 Å². The van der Waals surface area contributed by atoms with Crippen molar-refractivity contribution in [2.45, 2.75) is 0 Å². The van der Waals surface area contributed by atoms with Crippen molar-refractivity contribution in [2.75, 3.05) is 13.6 Å². The Labute approximate surface area is 42.2 Å². The third-order valence-corrected chi connectivity index (χ3v) is 0.361. The number of hydrogen-bond acceptors (Lipinski definition) is 3. The van der Waals surface area contributed by atoms with E-state index in [4.69, 9.17) is 5.11 Å². The van der Waals surface area contributed by atoms with Crippen LogP contribution in [-0.2, 0) is 9.47 Å². The van der Waals surface area contributed by atoms with Gasteiger partial charge >= 0.3 is 0 Å². The molecule has 7 heavy (non-hydrogen) atoms. The molecule has 0 unspecified atom stereocenters. The van der Waals surface area contributed by atoms with Gasteiger partial charge in [0.05, 0.1) is 6.26 Å². The van der Waals surface area contributed by atoms with Crippen molar-refractivity contribution in [3.63, 3.8) is 0 Å². The second-order valence-corrected chi connectivity index (χ2v) is 0.784. The molecule has 3 nitrogen and oxygen atoms in total. The molecular weight excluding hydrogens is 96.0 g/mol. The Morgan fingerprint density at radius 1 is 1.71 bits per heavy atom. The third-order valence-electron chi connectivity index (χ3n) is 0.361. The summed E-state index contributed by atoms with van der Waals surface area (Å²) in [6, 6.07) is 0. The summed E-state index contributed by atoms with van der Waals surface area (Å²) in [5, 5.41) is 7.96. The molecule has 0 atom stereocenters. The lowest BCUT2D eigenvalue weighted by Crippen LogP contribution is -1.95. The molecule has 0 amide bonds. The van der Waals surface area contributed by atoms with Crippen LogP contribution in [-0.4, -0.2) is 18.7 Å². The van der Waals surface area contributed by atoms with Crippen molar-refractivity contribution in [3.05, 3.63) is 12.8 Å². The van der Waals surface area contributed by atoms with E-state index in [0.29, 0.717) is 0 Å². The highest BCUT2D eigenvalue weighted by atomic mass is 16.7. The quantitative estimate of drug-likeness (QED) is 0.311. The van der Waals surface area contributed by atoms with E-state index in [1.807, 2.05) is 0 Å². The van der Waals surface area contributed by atoms with Crippen LogP contribution in [0.2, 0.25) is 0 Å². The van der Waals surface area contributed by atoms with E-state index in [0.717, 1.165) is 0 Å². The molecule has 0 bridgehead atoms. The zero-order valence-electron chi connectivity index (χ0n) is 3.96. The van der Waals surface area contributed by atoms with Crippen LogP contribution in [0.15, 0.2) is 12.8 Å². The van der Waals surface area contributed by atoms with E-state index in [-0.39, 0.29) is 13.6 Å². The summed E-state index contributed by atoms with van der Waals surface area (Å²) in [6.07, 6.45) is 1.25. The van der Waals surface area contributed by atoms with E-state index in [1.165, 1.54) is 6.26 Å². The fourth-order valence-electron chi connectivity index (χ4n) is 0.133. The van der Waals surface area contributed by atoms with Gasteiger partial charge in [-0.15, -0.1) is 0 Å². The minimum absolute atomic E-state index is 0.0694. The maximum absolute atomic E-state index is 7.96. The Balaban J connectivity index is 2.56. The molecule has 1 N–H and O–H groups in total. The smallest absolute Gasteiger partial charge is 0.190 e. The first-order valence-corrected chi connectivity index (χ1v) is 1.83. The second kappa shape index (κ2) is 5.46. The molecule has 3 heteroatoms. The number of ether oxygens (including phenoxy) is 2. The maximum atomic E-state index is 7.96. The van der Waals surface area contributed by atoms with Crippen molar-refractivity contribution in [2.24, 2.45) is 0 Å². The van der Waals surface area contributed by atoms with Gasteiger partial charge in [0.1, 0.15) is 6.79 Å². The zero-order chi connectivity index (χ0) is 5.54. The lowest BCUT2D eigenvalue weighted by atomic mass is 11.1. The molecule has 42 valence electrons. The van der Waals surface area contributed by atoms with Crippen LogP contribution in [0.4, 0.5) is 0 Å². The van der Waals surface area contributed by atoms with Gasteiger partial charge < -0.3 is 14.6 Å². The highest BCUT2D eigenvalue weighted by molar-refractivity contribution is 4.44. The van der Waals surface area contributed by atoms with Crippen molar-refractivity contribution in [3.8, 4) is 0 Å². The number of rotatable bonds is 4. The van der Waals surface area contributed by atoms with Crippen molar-refractivity contribution in [1.29, 1.82) is 0 Å². The maximum Gasteiger partial charge on any atom is 0.190 e. The van der Waals surface area contributed by atoms with Gasteiger partial charge in [0.2, 0.25) is 0 Å². The van der Waals surface area contributed by atoms with Crippen LogP contribution >= 0.6 is 0 Å². The van der Waals surface area contributed by atoms with E-state index >= 15 is 0 Å². The average molecular weight is 104 g/mol. The second-order valence-electron chi connectivity index (χ2n) is 0.784. The van der Waals surface area contributed by atoms with Crippen LogP contribution in [0.25, 0.3) is 0 Å². The molecule has 0 saturated carbocycles. The summed E-state index contributed by atoms with van der Waals surface area (Å²) in [6.45, 7) is 3.01. The van der Waals surface area contributed by atoms with Gasteiger partial charge in [0, 0.05) is 0 Å². The summed E-state index contributed by atoms with van der Waals surface area (Å²) in [7, 11) is 0. The van der Waals surface area contributed by atoms with Crippen LogP contribution < -0.4 is 0 Å². The van der Waals surface area contributed by atoms with Crippen LogP contribution in [0.3, 0.4) is 0 Å². The van der Waals surface area contributed by atoms with Crippen molar-refractivity contribution in [1.82, 2.24) is 0 Å². The Morgan fingerprint density at radius 3 is 2.86 bits per heavy atom. The topological polar surface area (TPSA) is 38.7 Å². The highest BCUT2D eigenvalue weighted by Gasteiger charge is 1.74. The van der Waals surface area contributed by atoms with Crippen LogP contribution in [0, 0.1) is 0 Å². The fraction of sp³-hybridized carbons (Fsp3) is 0.500. The van der Waals surface area contributed by atoms with E-state index in [1.54, 1.807) is 0 Å². The number of aliphatic hydroxyl groups is 1. The first-order valence-electron chi connectivity index (χ1n) is 1.83. The summed E-state index contributed by atoms with van der Waals surface area (Å²) >= 11 is 0. The summed E-state index contributed by atoms with van der Waals surface area (Å²) in [5.74, 6) is 0. The highest BCUT2D eigenvalue weighted by Crippen LogP contribution is 1.73. The number of aliphatic hydroxyl groups excluding tert-OH is 1. The molecule has 0 aliphatic rings. The summed E-state index contributed by atoms with van der Waals surface area (Å²) in [5.41, 5.74) is 0. The van der Waals surface area contributed by atoms with Crippen LogP contribution in [0.5, 0.6) is 0 Å². The molecule has 0 spiro atoms. The normalized spacial score (nSPS) is 8.14. The molecular formula is C4H8O3. The van der Waals surface area contributed by atoms with Gasteiger partial charge in [0.25, 0.3) is 0 Å². The Kier molecular flexibility index (Phi) is 5.04.